The molecule has 1 aromatic rings. The molecule has 0 aliphatic carbocycles. The third-order valence-corrected chi connectivity index (χ3v) is 2.01. The van der Waals surface area contributed by atoms with E-state index in [0.29, 0.717) is 11.3 Å². The van der Waals surface area contributed by atoms with E-state index in [2.05, 4.69) is 4.74 Å². The zero-order valence-corrected chi connectivity index (χ0v) is 8.56. The molecule has 1 aromatic carbocycles. The molecule has 0 heterocycles. The van der Waals surface area contributed by atoms with Crippen LogP contribution in [0.1, 0.15) is 11.6 Å². The van der Waals surface area contributed by atoms with Gasteiger partial charge in [0, 0.05) is 11.6 Å². The predicted molar refractivity (Wildman–Crippen MR) is 53.6 cm³/mol. The highest BCUT2D eigenvalue weighted by atomic mass is 16.5. The van der Waals surface area contributed by atoms with Gasteiger partial charge < -0.3 is 20.3 Å². The number of hydrogen-bond donors (Lipinski definition) is 2. The van der Waals surface area contributed by atoms with Crippen LogP contribution in [0.5, 0.6) is 11.5 Å². The van der Waals surface area contributed by atoms with Crippen LogP contribution in [0.3, 0.4) is 0 Å². The van der Waals surface area contributed by atoms with Gasteiger partial charge >= 0.3 is 5.97 Å². The van der Waals surface area contributed by atoms with Crippen molar-refractivity contribution < 1.29 is 19.4 Å². The number of carbonyl (C=O) groups excluding carboxylic acids is 1. The zero-order chi connectivity index (χ0) is 11.4. The quantitative estimate of drug-likeness (QED) is 0.714. The van der Waals surface area contributed by atoms with Crippen molar-refractivity contribution in [3.63, 3.8) is 0 Å². The van der Waals surface area contributed by atoms with Crippen LogP contribution < -0.4 is 10.5 Å². The number of methoxy groups -OCH3 is 2. The highest BCUT2D eigenvalue weighted by molar-refractivity contribution is 5.78. The Morgan fingerprint density at radius 3 is 2.67 bits per heavy atom. The number of aromatic hydroxyl groups is 1. The van der Waals surface area contributed by atoms with Gasteiger partial charge in [0.05, 0.1) is 14.2 Å². The summed E-state index contributed by atoms with van der Waals surface area (Å²) in [5.74, 6) is -0.153. The first kappa shape index (κ1) is 11.3. The largest absolute Gasteiger partial charge is 0.508 e. The Bertz CT molecular complexity index is 364. The van der Waals surface area contributed by atoms with Crippen LogP contribution in [0.4, 0.5) is 0 Å². The number of phenolic OH excluding ortho intramolecular Hbond substituents is 1. The first-order valence-electron chi connectivity index (χ1n) is 4.30. The summed E-state index contributed by atoms with van der Waals surface area (Å²) < 4.78 is 9.51. The van der Waals surface area contributed by atoms with Crippen molar-refractivity contribution in [3.8, 4) is 11.5 Å². The van der Waals surface area contributed by atoms with Gasteiger partial charge in [0.15, 0.2) is 0 Å². The Balaban J connectivity index is 3.07. The summed E-state index contributed by atoms with van der Waals surface area (Å²) >= 11 is 0. The van der Waals surface area contributed by atoms with Gasteiger partial charge in [0.1, 0.15) is 17.5 Å². The Morgan fingerprint density at radius 2 is 2.13 bits per heavy atom. The molecule has 0 fully saturated rings. The Labute approximate surface area is 87.4 Å². The monoisotopic (exact) mass is 211 g/mol. The Kier molecular flexibility index (Phi) is 3.51. The summed E-state index contributed by atoms with van der Waals surface area (Å²) in [4.78, 5) is 11.2. The maximum Gasteiger partial charge on any atom is 0.327 e. The molecule has 15 heavy (non-hydrogen) atoms. The summed E-state index contributed by atoms with van der Waals surface area (Å²) in [5, 5.41) is 9.21. The molecular weight excluding hydrogens is 198 g/mol. The maximum absolute atomic E-state index is 11.2. The van der Waals surface area contributed by atoms with Gasteiger partial charge in [-0.1, -0.05) is 0 Å². The lowest BCUT2D eigenvalue weighted by Crippen LogP contribution is -2.23. The molecule has 5 heteroatoms. The van der Waals surface area contributed by atoms with E-state index in [-0.39, 0.29) is 5.75 Å². The fraction of sp³-hybridized carbons (Fsp3) is 0.300. The van der Waals surface area contributed by atoms with E-state index >= 15 is 0 Å². The maximum atomic E-state index is 11.2. The fourth-order valence-corrected chi connectivity index (χ4v) is 1.21. The lowest BCUT2D eigenvalue weighted by Gasteiger charge is -2.13. The second-order valence-corrected chi connectivity index (χ2v) is 2.93. The van der Waals surface area contributed by atoms with Crippen LogP contribution in [0.2, 0.25) is 0 Å². The van der Waals surface area contributed by atoms with Crippen LogP contribution in [0, 0.1) is 0 Å². The third-order valence-electron chi connectivity index (χ3n) is 2.01. The van der Waals surface area contributed by atoms with Gasteiger partial charge in [-0.25, -0.2) is 0 Å². The number of carbonyl (C=O) groups is 1. The molecule has 0 amide bonds. The lowest BCUT2D eigenvalue weighted by atomic mass is 10.1. The van der Waals surface area contributed by atoms with E-state index in [1.165, 1.54) is 32.4 Å². The number of ether oxygens (including phenoxy) is 2. The van der Waals surface area contributed by atoms with Gasteiger partial charge in [-0.15, -0.1) is 0 Å². The zero-order valence-electron chi connectivity index (χ0n) is 8.56. The average molecular weight is 211 g/mol. The summed E-state index contributed by atoms with van der Waals surface area (Å²) in [6, 6.07) is 3.43. The van der Waals surface area contributed by atoms with Crippen molar-refractivity contribution >= 4 is 5.97 Å². The second kappa shape index (κ2) is 4.65. The fourth-order valence-electron chi connectivity index (χ4n) is 1.21. The van der Waals surface area contributed by atoms with Crippen LogP contribution in [-0.4, -0.2) is 25.3 Å². The van der Waals surface area contributed by atoms with E-state index < -0.39 is 12.0 Å². The minimum absolute atomic E-state index is 0.0488. The van der Waals surface area contributed by atoms with Gasteiger partial charge in [-0.2, -0.15) is 0 Å². The molecule has 0 bridgehead atoms. The molecule has 1 unspecified atom stereocenters. The SMILES string of the molecule is COC(=O)C(N)c1ccc(O)cc1OC. The van der Waals surface area contributed by atoms with Crippen molar-refractivity contribution in [2.45, 2.75) is 6.04 Å². The molecule has 0 saturated heterocycles. The molecule has 0 spiro atoms. The number of benzene rings is 1. The van der Waals surface area contributed by atoms with Crippen LogP contribution >= 0.6 is 0 Å². The van der Waals surface area contributed by atoms with E-state index in [1.807, 2.05) is 0 Å². The van der Waals surface area contributed by atoms with Crippen molar-refractivity contribution in [3.05, 3.63) is 23.8 Å². The number of rotatable bonds is 3. The predicted octanol–water partition coefficient (Wildman–Crippen LogP) is 0.574. The lowest BCUT2D eigenvalue weighted by molar-refractivity contribution is -0.142. The van der Waals surface area contributed by atoms with E-state index in [1.54, 1.807) is 0 Å². The van der Waals surface area contributed by atoms with Crippen LogP contribution in [0.25, 0.3) is 0 Å². The van der Waals surface area contributed by atoms with Gasteiger partial charge in [-0.3, -0.25) is 4.79 Å². The minimum atomic E-state index is -0.912. The van der Waals surface area contributed by atoms with Crippen LogP contribution in [0.15, 0.2) is 18.2 Å². The minimum Gasteiger partial charge on any atom is -0.508 e. The number of hydrogen-bond acceptors (Lipinski definition) is 5. The van der Waals surface area contributed by atoms with E-state index in [0.717, 1.165) is 0 Å². The number of esters is 1. The van der Waals surface area contributed by atoms with Gasteiger partial charge in [0.2, 0.25) is 0 Å². The summed E-state index contributed by atoms with van der Waals surface area (Å²) in [6.45, 7) is 0. The molecule has 3 N–H and O–H groups in total. The molecule has 1 atom stereocenters. The van der Waals surface area contributed by atoms with Gasteiger partial charge in [-0.05, 0) is 12.1 Å². The average Bonchev–Trinajstić information content (AvgIpc) is 2.26. The number of nitrogens with two attached hydrogens (primary N) is 1. The van der Waals surface area contributed by atoms with E-state index in [9.17, 15) is 9.90 Å². The molecule has 0 saturated carbocycles. The first-order valence-corrected chi connectivity index (χ1v) is 4.30. The first-order chi connectivity index (χ1) is 7.10. The molecule has 0 radical (unpaired) electrons. The Hall–Kier alpha value is -1.75. The molecule has 0 aromatic heterocycles. The smallest absolute Gasteiger partial charge is 0.327 e. The molecule has 0 aliphatic rings. The summed E-state index contributed by atoms with van der Waals surface area (Å²) in [7, 11) is 2.69. The van der Waals surface area contributed by atoms with Crippen molar-refractivity contribution in [2.75, 3.05) is 14.2 Å². The van der Waals surface area contributed by atoms with Gasteiger partial charge in [0.25, 0.3) is 0 Å². The highest BCUT2D eigenvalue weighted by Crippen LogP contribution is 2.28. The molecular formula is C10H13NO4. The molecule has 1 rings (SSSR count). The standard InChI is InChI=1S/C10H13NO4/c1-14-8-5-6(12)3-4-7(8)9(11)10(13)15-2/h3-5,9,12H,11H2,1-2H3. The molecule has 82 valence electrons. The van der Waals surface area contributed by atoms with Crippen LogP contribution in [-0.2, 0) is 9.53 Å². The molecule has 5 nitrogen and oxygen atoms in total. The summed E-state index contributed by atoms with van der Waals surface area (Å²) in [6.07, 6.45) is 0. The van der Waals surface area contributed by atoms with Crippen molar-refractivity contribution in [2.24, 2.45) is 5.73 Å². The highest BCUT2D eigenvalue weighted by Gasteiger charge is 2.20. The summed E-state index contributed by atoms with van der Waals surface area (Å²) in [5.41, 5.74) is 6.11. The normalized spacial score (nSPS) is 11.9. The van der Waals surface area contributed by atoms with Crippen molar-refractivity contribution in [1.82, 2.24) is 0 Å². The van der Waals surface area contributed by atoms with Crippen molar-refractivity contribution in [1.29, 1.82) is 0 Å². The molecule has 0 aliphatic heterocycles. The third kappa shape index (κ3) is 2.38. The number of phenols is 1. The Morgan fingerprint density at radius 1 is 1.47 bits per heavy atom. The van der Waals surface area contributed by atoms with E-state index in [4.69, 9.17) is 10.5 Å². The second-order valence-electron chi connectivity index (χ2n) is 2.93. The topological polar surface area (TPSA) is 81.8 Å².